The van der Waals surface area contributed by atoms with Gasteiger partial charge in [0.25, 0.3) is 0 Å². The molecule has 4 nitrogen and oxygen atoms in total. The molecule has 3 aromatic rings. The van der Waals surface area contributed by atoms with Gasteiger partial charge in [-0.3, -0.25) is 0 Å². The molecule has 0 atom stereocenters. The van der Waals surface area contributed by atoms with Crippen LogP contribution in [0.1, 0.15) is 5.69 Å². The number of aromatic nitrogens is 3. The minimum absolute atomic E-state index is 0.855. The maximum atomic E-state index is 4.51. The summed E-state index contributed by atoms with van der Waals surface area (Å²) in [5, 5.41) is 11.1. The van der Waals surface area contributed by atoms with Crippen LogP contribution in [0.5, 0.6) is 0 Å². The zero-order chi connectivity index (χ0) is 15.9. The van der Waals surface area contributed by atoms with Crippen LogP contribution in [0.25, 0.3) is 5.69 Å². The minimum atomic E-state index is 0.855. The van der Waals surface area contributed by atoms with Gasteiger partial charge in [0.2, 0.25) is 0 Å². The van der Waals surface area contributed by atoms with Gasteiger partial charge in [-0.1, -0.05) is 34.1 Å². The smallest absolute Gasteiger partial charge is 0.137 e. The van der Waals surface area contributed by atoms with Gasteiger partial charge in [0, 0.05) is 15.1 Å². The highest BCUT2D eigenvalue weighted by Gasteiger charge is 2.04. The van der Waals surface area contributed by atoms with Crippen LogP contribution in [-0.2, 0) is 6.54 Å². The van der Waals surface area contributed by atoms with Crippen LogP contribution in [0.2, 0.25) is 0 Å². The van der Waals surface area contributed by atoms with Crippen molar-refractivity contribution in [2.75, 3.05) is 12.3 Å². The lowest BCUT2D eigenvalue weighted by Crippen LogP contribution is -2.83. The Balaban J connectivity index is 1.41. The molecule has 0 amide bonds. The first-order valence-corrected chi connectivity index (χ1v) is 9.26. The third-order valence-electron chi connectivity index (χ3n) is 3.28. The van der Waals surface area contributed by atoms with Crippen LogP contribution in [-0.4, -0.2) is 27.3 Å². The fraction of sp³-hybridized carbons (Fsp3) is 0.176. The molecule has 0 aliphatic heterocycles. The third-order valence-corrected chi connectivity index (χ3v) is 4.86. The number of benzene rings is 2. The van der Waals surface area contributed by atoms with Gasteiger partial charge in [-0.05, 0) is 36.4 Å². The summed E-state index contributed by atoms with van der Waals surface area (Å²) in [6.45, 7) is 1.91. The van der Waals surface area contributed by atoms with E-state index in [9.17, 15) is 0 Å². The second-order valence-electron chi connectivity index (χ2n) is 5.04. The number of thioether (sulfide) groups is 1. The number of rotatable bonds is 7. The van der Waals surface area contributed by atoms with Gasteiger partial charge in [0.15, 0.2) is 0 Å². The number of halogens is 1. The Labute approximate surface area is 148 Å². The predicted molar refractivity (Wildman–Crippen MR) is 96.7 cm³/mol. The van der Waals surface area contributed by atoms with Crippen molar-refractivity contribution in [1.82, 2.24) is 15.0 Å². The Morgan fingerprint density at radius 1 is 1.04 bits per heavy atom. The first kappa shape index (κ1) is 16.2. The number of quaternary nitrogens is 1. The van der Waals surface area contributed by atoms with E-state index in [-0.39, 0.29) is 0 Å². The van der Waals surface area contributed by atoms with Gasteiger partial charge in [-0.15, -0.1) is 16.9 Å². The maximum Gasteiger partial charge on any atom is 0.137 e. The molecule has 1 aromatic heterocycles. The van der Waals surface area contributed by atoms with Gasteiger partial charge >= 0.3 is 0 Å². The van der Waals surface area contributed by atoms with E-state index in [1.165, 1.54) is 4.90 Å². The summed E-state index contributed by atoms with van der Waals surface area (Å²) >= 11 is 5.33. The van der Waals surface area contributed by atoms with E-state index in [4.69, 9.17) is 0 Å². The second kappa shape index (κ2) is 8.29. The molecule has 2 N–H and O–H groups in total. The van der Waals surface area contributed by atoms with Crippen molar-refractivity contribution in [2.45, 2.75) is 11.4 Å². The summed E-state index contributed by atoms with van der Waals surface area (Å²) in [7, 11) is 0. The van der Waals surface area contributed by atoms with Crippen LogP contribution < -0.4 is 5.32 Å². The van der Waals surface area contributed by atoms with Crippen molar-refractivity contribution >= 4 is 27.7 Å². The van der Waals surface area contributed by atoms with Crippen LogP contribution >= 0.6 is 27.7 Å². The van der Waals surface area contributed by atoms with Gasteiger partial charge in [-0.25, -0.2) is 0 Å². The van der Waals surface area contributed by atoms with Gasteiger partial charge in [-0.2, -0.15) is 9.90 Å². The highest BCUT2D eigenvalue weighted by Crippen LogP contribution is 2.19. The number of nitrogens with zero attached hydrogens (tertiary/aromatic N) is 3. The van der Waals surface area contributed by atoms with Gasteiger partial charge in [0.05, 0.1) is 18.4 Å². The molecule has 0 aliphatic carbocycles. The lowest BCUT2D eigenvalue weighted by Gasteiger charge is -2.01. The maximum absolute atomic E-state index is 4.51. The molecule has 0 unspecified atom stereocenters. The Morgan fingerprint density at radius 2 is 1.83 bits per heavy atom. The summed E-state index contributed by atoms with van der Waals surface area (Å²) in [6.07, 6.45) is 1.84. The summed E-state index contributed by atoms with van der Waals surface area (Å²) in [6, 6.07) is 18.4. The molecule has 0 radical (unpaired) electrons. The van der Waals surface area contributed by atoms with E-state index in [0.717, 1.165) is 34.7 Å². The topological polar surface area (TPSA) is 47.3 Å². The number of para-hydroxylation sites is 1. The van der Waals surface area contributed by atoms with E-state index in [1.807, 2.05) is 48.3 Å². The molecular weight excluding hydrogens is 372 g/mol. The average Bonchev–Trinajstić information content (AvgIpc) is 3.06. The Kier molecular flexibility index (Phi) is 5.85. The van der Waals surface area contributed by atoms with Crippen LogP contribution in [0, 0.1) is 0 Å². The van der Waals surface area contributed by atoms with Crippen molar-refractivity contribution in [3.63, 3.8) is 0 Å². The summed E-state index contributed by atoms with van der Waals surface area (Å²) in [5.74, 6) is 1.08. The van der Waals surface area contributed by atoms with E-state index in [1.54, 1.807) is 4.80 Å². The zero-order valence-corrected chi connectivity index (χ0v) is 15.0. The molecule has 0 bridgehead atoms. The van der Waals surface area contributed by atoms with Gasteiger partial charge in [0.1, 0.15) is 12.2 Å². The highest BCUT2D eigenvalue weighted by atomic mass is 79.9. The fourth-order valence-corrected chi connectivity index (χ4v) is 3.23. The minimum Gasteiger partial charge on any atom is -0.340 e. The van der Waals surface area contributed by atoms with Crippen molar-refractivity contribution in [1.29, 1.82) is 0 Å². The van der Waals surface area contributed by atoms with Gasteiger partial charge < -0.3 is 5.32 Å². The van der Waals surface area contributed by atoms with E-state index in [2.05, 4.69) is 55.7 Å². The lowest BCUT2D eigenvalue weighted by molar-refractivity contribution is -0.667. The monoisotopic (exact) mass is 389 g/mol. The predicted octanol–water partition coefficient (Wildman–Crippen LogP) is 2.89. The molecule has 118 valence electrons. The summed E-state index contributed by atoms with van der Waals surface area (Å²) < 4.78 is 1.12. The Morgan fingerprint density at radius 3 is 2.61 bits per heavy atom. The van der Waals surface area contributed by atoms with Crippen molar-refractivity contribution in [2.24, 2.45) is 0 Å². The van der Waals surface area contributed by atoms with Crippen molar-refractivity contribution in [3.05, 3.63) is 71.0 Å². The molecule has 6 heteroatoms. The first-order valence-electron chi connectivity index (χ1n) is 7.48. The van der Waals surface area contributed by atoms with Crippen LogP contribution in [0.4, 0.5) is 0 Å². The Hall–Kier alpha value is -1.63. The molecular formula is C17H18BrN4S+. The number of hydrogen-bond acceptors (Lipinski definition) is 3. The molecule has 0 spiro atoms. The Bertz CT molecular complexity index is 728. The van der Waals surface area contributed by atoms with E-state index >= 15 is 0 Å². The van der Waals surface area contributed by atoms with Crippen LogP contribution in [0.15, 0.2) is 70.2 Å². The SMILES string of the molecule is Brc1ccc(SCC[NH2+]Cc2cnn(-c3ccccc3)n2)cc1. The first-order chi connectivity index (χ1) is 11.3. The van der Waals surface area contributed by atoms with E-state index < -0.39 is 0 Å². The van der Waals surface area contributed by atoms with Crippen LogP contribution in [0.3, 0.4) is 0 Å². The normalized spacial score (nSPS) is 10.8. The molecule has 23 heavy (non-hydrogen) atoms. The molecule has 0 saturated carbocycles. The lowest BCUT2D eigenvalue weighted by atomic mass is 10.3. The van der Waals surface area contributed by atoms with Crippen molar-refractivity contribution < 1.29 is 5.32 Å². The molecule has 1 heterocycles. The zero-order valence-electron chi connectivity index (χ0n) is 12.6. The fourth-order valence-electron chi connectivity index (χ4n) is 2.11. The summed E-state index contributed by atoms with van der Waals surface area (Å²) in [4.78, 5) is 2.98. The molecule has 0 aliphatic rings. The molecule has 2 aromatic carbocycles. The standard InChI is InChI=1S/C17H17BrN4S/c18-14-6-8-17(9-7-14)23-11-10-19-12-15-13-20-22(21-15)16-4-2-1-3-5-16/h1-9,13,19H,10-12H2/p+1. The third kappa shape index (κ3) is 4.92. The largest absolute Gasteiger partial charge is 0.340 e. The number of hydrogen-bond donors (Lipinski definition) is 1. The average molecular weight is 390 g/mol. The second-order valence-corrected chi connectivity index (χ2v) is 7.13. The highest BCUT2D eigenvalue weighted by molar-refractivity contribution is 9.10. The summed E-state index contributed by atoms with van der Waals surface area (Å²) in [5.41, 5.74) is 1.99. The number of nitrogens with two attached hydrogens (primary N) is 1. The molecule has 3 rings (SSSR count). The quantitative estimate of drug-likeness (QED) is 0.499. The van der Waals surface area contributed by atoms with Crippen molar-refractivity contribution in [3.8, 4) is 5.69 Å². The molecule has 0 fully saturated rings. The molecule has 0 saturated heterocycles. The van der Waals surface area contributed by atoms with E-state index in [0.29, 0.717) is 0 Å².